The van der Waals surface area contributed by atoms with Crippen LogP contribution in [0, 0.1) is 5.92 Å². The number of carbonyl (C=O) groups is 1. The first-order chi connectivity index (χ1) is 8.87. The Morgan fingerprint density at radius 3 is 2.63 bits per heavy atom. The lowest BCUT2D eigenvalue weighted by atomic mass is 10.1. The van der Waals surface area contributed by atoms with Crippen molar-refractivity contribution in [1.29, 1.82) is 0 Å². The molecule has 1 aliphatic rings. The van der Waals surface area contributed by atoms with Crippen LogP contribution in [0.4, 0.5) is 13.2 Å². The molecule has 0 radical (unpaired) electrons. The van der Waals surface area contributed by atoms with Gasteiger partial charge in [-0.3, -0.25) is 9.69 Å². The number of hydrogen-bond donors (Lipinski definition) is 1. The molecule has 0 aromatic carbocycles. The molecule has 2 rings (SSSR count). The van der Waals surface area contributed by atoms with Crippen molar-refractivity contribution in [2.75, 3.05) is 13.1 Å². The standard InChI is InChI=1S/C12H14F3NO2S/c13-12(14,15)7-16(6-10(17)18)11(8-3-4-8)9-2-1-5-19-9/h1-2,5,8,11H,3-4,6-7H2,(H,17,18). The van der Waals surface area contributed by atoms with Gasteiger partial charge in [0.1, 0.15) is 0 Å². The number of aliphatic carboxylic acids is 1. The first-order valence-electron chi connectivity index (χ1n) is 5.93. The Balaban J connectivity index is 2.20. The molecule has 19 heavy (non-hydrogen) atoms. The lowest BCUT2D eigenvalue weighted by Gasteiger charge is -2.30. The molecular weight excluding hydrogens is 279 g/mol. The fraction of sp³-hybridized carbons (Fsp3) is 0.583. The van der Waals surface area contributed by atoms with Gasteiger partial charge in [-0.2, -0.15) is 13.2 Å². The fourth-order valence-electron chi connectivity index (χ4n) is 2.24. The highest BCUT2D eigenvalue weighted by molar-refractivity contribution is 7.10. The van der Waals surface area contributed by atoms with Crippen molar-refractivity contribution in [3.63, 3.8) is 0 Å². The molecule has 1 aliphatic carbocycles. The lowest BCUT2D eigenvalue weighted by Crippen LogP contribution is -2.41. The van der Waals surface area contributed by atoms with Crippen molar-refractivity contribution < 1.29 is 23.1 Å². The van der Waals surface area contributed by atoms with Gasteiger partial charge in [0, 0.05) is 10.9 Å². The van der Waals surface area contributed by atoms with E-state index < -0.39 is 31.3 Å². The molecule has 1 aromatic rings. The highest BCUT2D eigenvalue weighted by atomic mass is 32.1. The first-order valence-corrected chi connectivity index (χ1v) is 6.81. The summed E-state index contributed by atoms with van der Waals surface area (Å²) in [6, 6.07) is 3.12. The highest BCUT2D eigenvalue weighted by Gasteiger charge is 2.42. The van der Waals surface area contributed by atoms with Crippen LogP contribution in [-0.2, 0) is 4.79 Å². The summed E-state index contributed by atoms with van der Waals surface area (Å²) in [6.45, 7) is -1.77. The maximum absolute atomic E-state index is 12.6. The Morgan fingerprint density at radius 2 is 2.21 bits per heavy atom. The van der Waals surface area contributed by atoms with E-state index in [4.69, 9.17) is 5.11 Å². The minimum atomic E-state index is -4.39. The zero-order valence-corrected chi connectivity index (χ0v) is 10.9. The lowest BCUT2D eigenvalue weighted by molar-refractivity contribution is -0.159. The molecule has 1 atom stereocenters. The van der Waals surface area contributed by atoms with Crippen LogP contribution in [0.5, 0.6) is 0 Å². The molecular formula is C12H14F3NO2S. The summed E-state index contributed by atoms with van der Waals surface area (Å²) in [5, 5.41) is 10.6. The van der Waals surface area contributed by atoms with Crippen molar-refractivity contribution in [2.24, 2.45) is 5.92 Å². The molecule has 1 heterocycles. The summed E-state index contributed by atoms with van der Waals surface area (Å²) in [6.07, 6.45) is -2.67. The Morgan fingerprint density at radius 1 is 1.53 bits per heavy atom. The van der Waals surface area contributed by atoms with Gasteiger partial charge in [-0.05, 0) is 30.2 Å². The van der Waals surface area contributed by atoms with E-state index in [1.807, 2.05) is 0 Å². The van der Waals surface area contributed by atoms with E-state index in [-0.39, 0.29) is 5.92 Å². The van der Waals surface area contributed by atoms with E-state index in [1.54, 1.807) is 17.5 Å². The highest BCUT2D eigenvalue weighted by Crippen LogP contribution is 2.46. The zero-order valence-electron chi connectivity index (χ0n) is 10.1. The number of carboxylic acid groups (broad SMARTS) is 1. The van der Waals surface area contributed by atoms with E-state index in [0.29, 0.717) is 0 Å². The molecule has 3 nitrogen and oxygen atoms in total. The summed E-state index contributed by atoms with van der Waals surface area (Å²) in [5.41, 5.74) is 0. The second kappa shape index (κ2) is 5.50. The van der Waals surface area contributed by atoms with Crippen LogP contribution in [0.15, 0.2) is 17.5 Å². The third kappa shape index (κ3) is 4.21. The Hall–Kier alpha value is -1.08. The molecule has 7 heteroatoms. The quantitative estimate of drug-likeness (QED) is 0.876. The minimum absolute atomic E-state index is 0.139. The largest absolute Gasteiger partial charge is 0.480 e. The van der Waals surface area contributed by atoms with Gasteiger partial charge in [-0.1, -0.05) is 6.07 Å². The van der Waals surface area contributed by atoms with Crippen LogP contribution in [0.2, 0.25) is 0 Å². The number of carboxylic acids is 1. The SMILES string of the molecule is O=C(O)CN(CC(F)(F)F)C(c1cccs1)C1CC1. The van der Waals surface area contributed by atoms with Gasteiger partial charge in [0.2, 0.25) is 0 Å². The van der Waals surface area contributed by atoms with Crippen molar-refractivity contribution in [1.82, 2.24) is 4.90 Å². The molecule has 1 saturated carbocycles. The van der Waals surface area contributed by atoms with Gasteiger partial charge in [0.15, 0.2) is 0 Å². The molecule has 0 spiro atoms. The van der Waals surface area contributed by atoms with Crippen LogP contribution in [-0.4, -0.2) is 35.2 Å². The monoisotopic (exact) mass is 293 g/mol. The van der Waals surface area contributed by atoms with Gasteiger partial charge >= 0.3 is 12.1 Å². The Bertz CT molecular complexity index is 429. The van der Waals surface area contributed by atoms with E-state index in [1.165, 1.54) is 11.3 Å². The van der Waals surface area contributed by atoms with Gasteiger partial charge in [0.05, 0.1) is 13.1 Å². The Labute approximate surface area is 112 Å². The van der Waals surface area contributed by atoms with E-state index in [0.717, 1.165) is 22.6 Å². The van der Waals surface area contributed by atoms with Crippen molar-refractivity contribution >= 4 is 17.3 Å². The van der Waals surface area contributed by atoms with Crippen LogP contribution < -0.4 is 0 Å². The van der Waals surface area contributed by atoms with Gasteiger partial charge in [0.25, 0.3) is 0 Å². The van der Waals surface area contributed by atoms with Crippen LogP contribution >= 0.6 is 11.3 Å². The number of rotatable bonds is 6. The van der Waals surface area contributed by atoms with Gasteiger partial charge < -0.3 is 5.11 Å². The van der Waals surface area contributed by atoms with Crippen molar-refractivity contribution in [2.45, 2.75) is 25.1 Å². The van der Waals surface area contributed by atoms with Gasteiger partial charge in [-0.15, -0.1) is 11.3 Å². The zero-order chi connectivity index (χ0) is 14.0. The summed E-state index contributed by atoms with van der Waals surface area (Å²) in [5.74, 6) is -1.09. The predicted octanol–water partition coefficient (Wildman–Crippen LogP) is 3.15. The predicted molar refractivity (Wildman–Crippen MR) is 65.0 cm³/mol. The van der Waals surface area contributed by atoms with Crippen molar-refractivity contribution in [3.05, 3.63) is 22.4 Å². The molecule has 0 amide bonds. The average molecular weight is 293 g/mol. The molecule has 1 unspecified atom stereocenters. The topological polar surface area (TPSA) is 40.5 Å². The summed E-state index contributed by atoms with van der Waals surface area (Å²) >= 11 is 1.38. The van der Waals surface area contributed by atoms with Gasteiger partial charge in [-0.25, -0.2) is 0 Å². The van der Waals surface area contributed by atoms with E-state index in [9.17, 15) is 18.0 Å². The maximum Gasteiger partial charge on any atom is 0.401 e. The summed E-state index contributed by atoms with van der Waals surface area (Å²) < 4.78 is 37.8. The second-order valence-electron chi connectivity index (χ2n) is 4.71. The Kier molecular flexibility index (Phi) is 4.15. The second-order valence-corrected chi connectivity index (χ2v) is 5.69. The molecule has 1 fully saturated rings. The van der Waals surface area contributed by atoms with Crippen molar-refractivity contribution in [3.8, 4) is 0 Å². The summed E-state index contributed by atoms with van der Waals surface area (Å²) in [4.78, 5) is 12.7. The average Bonchev–Trinajstić information content (AvgIpc) is 2.90. The normalized spacial score (nSPS) is 17.7. The number of thiophene rings is 1. The first kappa shape index (κ1) is 14.3. The molecule has 0 aliphatic heterocycles. The summed E-state index contributed by atoms with van der Waals surface area (Å²) in [7, 11) is 0. The molecule has 0 bridgehead atoms. The number of nitrogens with zero attached hydrogens (tertiary/aromatic N) is 1. The molecule has 106 valence electrons. The number of halogens is 3. The minimum Gasteiger partial charge on any atom is -0.480 e. The third-order valence-corrected chi connectivity index (χ3v) is 3.96. The molecule has 1 N–H and O–H groups in total. The molecule has 1 aromatic heterocycles. The van der Waals surface area contributed by atoms with Crippen LogP contribution in [0.25, 0.3) is 0 Å². The smallest absolute Gasteiger partial charge is 0.401 e. The maximum atomic E-state index is 12.6. The fourth-order valence-corrected chi connectivity index (χ4v) is 3.19. The third-order valence-electron chi connectivity index (χ3n) is 3.02. The van der Waals surface area contributed by atoms with Crippen LogP contribution in [0.1, 0.15) is 23.8 Å². The van der Waals surface area contributed by atoms with E-state index >= 15 is 0 Å². The number of alkyl halides is 3. The molecule has 0 saturated heterocycles. The van der Waals surface area contributed by atoms with E-state index in [2.05, 4.69) is 0 Å². The number of hydrogen-bond acceptors (Lipinski definition) is 3. The van der Waals surface area contributed by atoms with Crippen LogP contribution in [0.3, 0.4) is 0 Å².